The second-order valence-corrected chi connectivity index (χ2v) is 4.51. The number of nitrogens with one attached hydrogen (secondary N) is 2. The smallest absolute Gasteiger partial charge is 0.187 e. The minimum atomic E-state index is 0.175. The average molecular weight is 277 g/mol. The molecule has 1 aromatic rings. The lowest BCUT2D eigenvalue weighted by Gasteiger charge is -2.09. The summed E-state index contributed by atoms with van der Waals surface area (Å²) in [5.41, 5.74) is 3.69. The Morgan fingerprint density at radius 3 is 2.68 bits per heavy atom. The van der Waals surface area contributed by atoms with Crippen molar-refractivity contribution in [3.05, 3.63) is 42.5 Å². The van der Waals surface area contributed by atoms with Crippen LogP contribution in [0.2, 0.25) is 0 Å². The number of hydrogen-bond donors (Lipinski definition) is 2. The maximum absolute atomic E-state index is 5.56. The first kappa shape index (κ1) is 15.2. The van der Waals surface area contributed by atoms with Crippen molar-refractivity contribution in [3.8, 4) is 5.75 Å². The fourth-order valence-electron chi connectivity index (χ4n) is 1.27. The van der Waals surface area contributed by atoms with Crippen molar-refractivity contribution < 1.29 is 4.74 Å². The van der Waals surface area contributed by atoms with E-state index in [1.807, 2.05) is 38.1 Å². The molecule has 0 saturated carbocycles. The molecule has 0 unspecified atom stereocenters. The van der Waals surface area contributed by atoms with Gasteiger partial charge in [0.05, 0.1) is 12.3 Å². The van der Waals surface area contributed by atoms with Gasteiger partial charge in [0, 0.05) is 6.54 Å². The first-order chi connectivity index (χ1) is 9.11. The van der Waals surface area contributed by atoms with Gasteiger partial charge in [-0.05, 0) is 55.9 Å². The van der Waals surface area contributed by atoms with Crippen LogP contribution in [-0.4, -0.2) is 24.0 Å². The third-order valence-electron chi connectivity index (χ3n) is 2.04. The van der Waals surface area contributed by atoms with Crippen LogP contribution in [0.15, 0.2) is 42.0 Å². The topological polar surface area (TPSA) is 45.7 Å². The highest BCUT2D eigenvalue weighted by Crippen LogP contribution is 2.12. The Balaban J connectivity index is 2.44. The van der Waals surface area contributed by atoms with Crippen LogP contribution in [0.5, 0.6) is 5.75 Å². The lowest BCUT2D eigenvalue weighted by atomic mass is 10.2. The molecule has 0 bridgehead atoms. The maximum Gasteiger partial charge on any atom is 0.187 e. The summed E-state index contributed by atoms with van der Waals surface area (Å²) in [7, 11) is 0. The molecule has 1 rings (SSSR count). The molecule has 0 heterocycles. The standard InChI is InChI=1S/C14H19N3OS/c1-4-9-15-14(19)17-16-10-12-5-7-13(8-6-12)18-11(2)3/h4-8,10-11H,1,9H2,2-3H3,(H2,15,17,19)/b16-10+. The summed E-state index contributed by atoms with van der Waals surface area (Å²) < 4.78 is 5.56. The summed E-state index contributed by atoms with van der Waals surface area (Å²) in [6, 6.07) is 7.69. The van der Waals surface area contributed by atoms with Gasteiger partial charge in [-0.15, -0.1) is 6.58 Å². The minimum Gasteiger partial charge on any atom is -0.491 e. The molecule has 0 saturated heterocycles. The summed E-state index contributed by atoms with van der Waals surface area (Å²) in [5.74, 6) is 0.850. The van der Waals surface area contributed by atoms with E-state index in [1.165, 1.54) is 0 Å². The van der Waals surface area contributed by atoms with Crippen molar-refractivity contribution in [2.75, 3.05) is 6.54 Å². The zero-order chi connectivity index (χ0) is 14.1. The molecule has 0 aromatic heterocycles. The normalized spacial score (nSPS) is 10.5. The molecular weight excluding hydrogens is 258 g/mol. The summed E-state index contributed by atoms with van der Waals surface area (Å²) >= 11 is 5.00. The molecule has 0 fully saturated rings. The number of hydrazone groups is 1. The van der Waals surface area contributed by atoms with Gasteiger partial charge in [0.25, 0.3) is 0 Å². The van der Waals surface area contributed by atoms with E-state index in [1.54, 1.807) is 12.3 Å². The van der Waals surface area contributed by atoms with Crippen LogP contribution in [0.3, 0.4) is 0 Å². The van der Waals surface area contributed by atoms with Crippen molar-refractivity contribution >= 4 is 23.5 Å². The zero-order valence-corrected chi connectivity index (χ0v) is 12.0. The summed E-state index contributed by atoms with van der Waals surface area (Å²) in [4.78, 5) is 0. The van der Waals surface area contributed by atoms with Crippen molar-refractivity contribution in [1.82, 2.24) is 10.7 Å². The average Bonchev–Trinajstić information content (AvgIpc) is 2.38. The Morgan fingerprint density at radius 2 is 2.11 bits per heavy atom. The summed E-state index contributed by atoms with van der Waals surface area (Å²) in [6.45, 7) is 8.20. The molecule has 4 nitrogen and oxygen atoms in total. The van der Waals surface area contributed by atoms with Crippen molar-refractivity contribution in [2.45, 2.75) is 20.0 Å². The molecule has 0 aliphatic heterocycles. The molecular formula is C14H19N3OS. The van der Waals surface area contributed by atoms with Gasteiger partial charge in [-0.2, -0.15) is 5.10 Å². The van der Waals surface area contributed by atoms with Gasteiger partial charge in [-0.3, -0.25) is 5.43 Å². The molecule has 0 spiro atoms. The van der Waals surface area contributed by atoms with Crippen LogP contribution >= 0.6 is 12.2 Å². The van der Waals surface area contributed by atoms with Crippen molar-refractivity contribution in [1.29, 1.82) is 0 Å². The fraction of sp³-hybridized carbons (Fsp3) is 0.286. The van der Waals surface area contributed by atoms with E-state index in [9.17, 15) is 0 Å². The highest BCUT2D eigenvalue weighted by atomic mass is 32.1. The lowest BCUT2D eigenvalue weighted by Crippen LogP contribution is -2.31. The first-order valence-electron chi connectivity index (χ1n) is 6.06. The largest absolute Gasteiger partial charge is 0.491 e. The van der Waals surface area contributed by atoms with Gasteiger partial charge in [0.1, 0.15) is 5.75 Å². The van der Waals surface area contributed by atoms with Crippen molar-refractivity contribution in [3.63, 3.8) is 0 Å². The summed E-state index contributed by atoms with van der Waals surface area (Å²) in [5, 5.41) is 7.42. The maximum atomic E-state index is 5.56. The molecule has 19 heavy (non-hydrogen) atoms. The Labute approximate surface area is 119 Å². The Morgan fingerprint density at radius 1 is 1.42 bits per heavy atom. The van der Waals surface area contributed by atoms with E-state index < -0.39 is 0 Å². The molecule has 2 N–H and O–H groups in total. The number of rotatable bonds is 6. The van der Waals surface area contributed by atoms with E-state index in [0.29, 0.717) is 11.7 Å². The van der Waals surface area contributed by atoms with Gasteiger partial charge < -0.3 is 10.1 Å². The number of thiocarbonyl (C=S) groups is 1. The van der Waals surface area contributed by atoms with E-state index in [4.69, 9.17) is 17.0 Å². The monoisotopic (exact) mass is 277 g/mol. The quantitative estimate of drug-likeness (QED) is 0.363. The van der Waals surface area contributed by atoms with Crippen LogP contribution in [0.4, 0.5) is 0 Å². The predicted octanol–water partition coefficient (Wildman–Crippen LogP) is 2.46. The second-order valence-electron chi connectivity index (χ2n) is 4.10. The zero-order valence-electron chi connectivity index (χ0n) is 11.2. The van der Waals surface area contributed by atoms with Crippen LogP contribution in [0.25, 0.3) is 0 Å². The van der Waals surface area contributed by atoms with Crippen LogP contribution in [0, 0.1) is 0 Å². The van der Waals surface area contributed by atoms with E-state index in [-0.39, 0.29) is 6.10 Å². The highest BCUT2D eigenvalue weighted by molar-refractivity contribution is 7.80. The Bertz CT molecular complexity index is 441. The minimum absolute atomic E-state index is 0.175. The SMILES string of the molecule is C=CCNC(=S)N/N=C/c1ccc(OC(C)C)cc1. The number of ether oxygens (including phenoxy) is 1. The molecule has 0 aliphatic rings. The van der Waals surface area contributed by atoms with Crippen LogP contribution in [0.1, 0.15) is 19.4 Å². The number of nitrogens with zero attached hydrogens (tertiary/aromatic N) is 1. The fourth-order valence-corrected chi connectivity index (χ4v) is 1.41. The van der Waals surface area contributed by atoms with Crippen LogP contribution < -0.4 is 15.5 Å². The predicted molar refractivity (Wildman–Crippen MR) is 83.7 cm³/mol. The number of benzene rings is 1. The van der Waals surface area contributed by atoms with Gasteiger partial charge in [0.15, 0.2) is 5.11 Å². The second kappa shape index (κ2) is 8.26. The van der Waals surface area contributed by atoms with Crippen LogP contribution in [-0.2, 0) is 0 Å². The molecule has 0 aliphatic carbocycles. The third kappa shape index (κ3) is 6.57. The van der Waals surface area contributed by atoms with E-state index >= 15 is 0 Å². The molecule has 5 heteroatoms. The molecule has 0 amide bonds. The van der Waals surface area contributed by atoms with E-state index in [2.05, 4.69) is 22.4 Å². The van der Waals surface area contributed by atoms with E-state index in [0.717, 1.165) is 11.3 Å². The lowest BCUT2D eigenvalue weighted by molar-refractivity contribution is 0.242. The van der Waals surface area contributed by atoms with Gasteiger partial charge in [0.2, 0.25) is 0 Å². The molecule has 0 atom stereocenters. The van der Waals surface area contributed by atoms with Gasteiger partial charge >= 0.3 is 0 Å². The highest BCUT2D eigenvalue weighted by Gasteiger charge is 1.96. The Hall–Kier alpha value is -1.88. The molecule has 0 radical (unpaired) electrons. The first-order valence-corrected chi connectivity index (χ1v) is 6.47. The molecule has 102 valence electrons. The summed E-state index contributed by atoms with van der Waals surface area (Å²) in [6.07, 6.45) is 3.60. The van der Waals surface area contributed by atoms with Gasteiger partial charge in [-0.25, -0.2) is 0 Å². The number of hydrogen-bond acceptors (Lipinski definition) is 3. The third-order valence-corrected chi connectivity index (χ3v) is 2.27. The van der Waals surface area contributed by atoms with Gasteiger partial charge in [-0.1, -0.05) is 6.08 Å². The molecule has 1 aromatic carbocycles. The Kier molecular flexibility index (Phi) is 6.60. The van der Waals surface area contributed by atoms with Crippen molar-refractivity contribution in [2.24, 2.45) is 5.10 Å².